The average molecular weight is 266 g/mol. The predicted octanol–water partition coefficient (Wildman–Crippen LogP) is 1.31. The zero-order valence-corrected chi connectivity index (χ0v) is 10.3. The molecule has 0 aliphatic rings. The van der Waals surface area contributed by atoms with Crippen molar-refractivity contribution in [2.45, 2.75) is 0 Å². The highest BCUT2D eigenvalue weighted by Gasteiger charge is 2.07. The van der Waals surface area contributed by atoms with Gasteiger partial charge >= 0.3 is 0 Å². The Labute approximate surface area is 114 Å². The SMILES string of the molecule is O=C(Nc1ccc(-n2cnnc2)nc1)c1ccccn1. The van der Waals surface area contributed by atoms with Crippen LogP contribution in [0, 0.1) is 0 Å². The fraction of sp³-hybridized carbons (Fsp3) is 0. The molecule has 0 saturated heterocycles. The van der Waals surface area contributed by atoms with E-state index in [1.165, 1.54) is 0 Å². The van der Waals surface area contributed by atoms with Crippen molar-refractivity contribution in [1.29, 1.82) is 0 Å². The van der Waals surface area contributed by atoms with E-state index in [0.29, 0.717) is 17.2 Å². The Hall–Kier alpha value is -3.09. The molecule has 0 saturated carbocycles. The first-order valence-corrected chi connectivity index (χ1v) is 5.86. The van der Waals surface area contributed by atoms with E-state index < -0.39 is 0 Å². The number of hydrogen-bond acceptors (Lipinski definition) is 5. The number of aromatic nitrogens is 5. The van der Waals surface area contributed by atoms with Crippen molar-refractivity contribution in [1.82, 2.24) is 24.7 Å². The van der Waals surface area contributed by atoms with E-state index in [4.69, 9.17) is 0 Å². The third kappa shape index (κ3) is 2.51. The first kappa shape index (κ1) is 12.0. The van der Waals surface area contributed by atoms with Crippen molar-refractivity contribution in [3.05, 3.63) is 61.1 Å². The smallest absolute Gasteiger partial charge is 0.274 e. The molecule has 3 rings (SSSR count). The molecule has 0 unspecified atom stereocenters. The quantitative estimate of drug-likeness (QED) is 0.772. The number of rotatable bonds is 3. The molecule has 0 aliphatic heterocycles. The van der Waals surface area contributed by atoms with E-state index >= 15 is 0 Å². The number of amides is 1. The number of pyridine rings is 2. The number of nitrogens with one attached hydrogen (secondary N) is 1. The van der Waals surface area contributed by atoms with E-state index in [1.807, 2.05) is 0 Å². The van der Waals surface area contributed by atoms with Crippen molar-refractivity contribution < 1.29 is 4.79 Å². The highest BCUT2D eigenvalue weighted by atomic mass is 16.1. The molecule has 0 aliphatic carbocycles. The lowest BCUT2D eigenvalue weighted by Gasteiger charge is -2.05. The number of anilines is 1. The first-order chi connectivity index (χ1) is 9.83. The maximum absolute atomic E-state index is 11.9. The van der Waals surface area contributed by atoms with Crippen molar-refractivity contribution >= 4 is 11.6 Å². The fourth-order valence-corrected chi connectivity index (χ4v) is 1.62. The average Bonchev–Trinajstić information content (AvgIpc) is 3.03. The van der Waals surface area contributed by atoms with E-state index in [1.54, 1.807) is 59.9 Å². The van der Waals surface area contributed by atoms with Crippen LogP contribution in [0.3, 0.4) is 0 Å². The number of hydrogen-bond donors (Lipinski definition) is 1. The van der Waals surface area contributed by atoms with E-state index in [9.17, 15) is 4.79 Å². The molecule has 0 atom stereocenters. The summed E-state index contributed by atoms with van der Waals surface area (Å²) >= 11 is 0. The lowest BCUT2D eigenvalue weighted by atomic mass is 10.3. The summed E-state index contributed by atoms with van der Waals surface area (Å²) in [5.74, 6) is 0.398. The molecule has 0 spiro atoms. The minimum Gasteiger partial charge on any atom is -0.319 e. The lowest BCUT2D eigenvalue weighted by molar-refractivity contribution is 0.102. The molecule has 1 N–H and O–H groups in total. The molecule has 3 heterocycles. The summed E-state index contributed by atoms with van der Waals surface area (Å²) in [4.78, 5) is 20.1. The van der Waals surface area contributed by atoms with Gasteiger partial charge in [0.25, 0.3) is 5.91 Å². The Morgan fingerprint density at radius 1 is 1.05 bits per heavy atom. The summed E-state index contributed by atoms with van der Waals surface area (Å²) in [5.41, 5.74) is 0.952. The molecule has 7 heteroatoms. The van der Waals surface area contributed by atoms with Crippen LogP contribution in [0.1, 0.15) is 10.5 Å². The predicted molar refractivity (Wildman–Crippen MR) is 71.3 cm³/mol. The van der Waals surface area contributed by atoms with Crippen molar-refractivity contribution in [2.24, 2.45) is 0 Å². The van der Waals surface area contributed by atoms with Gasteiger partial charge in [-0.25, -0.2) is 4.98 Å². The Morgan fingerprint density at radius 3 is 2.55 bits per heavy atom. The summed E-state index contributed by atoms with van der Waals surface area (Å²) in [6, 6.07) is 8.68. The topological polar surface area (TPSA) is 85.6 Å². The van der Waals surface area contributed by atoms with Crippen molar-refractivity contribution in [3.8, 4) is 5.82 Å². The van der Waals surface area contributed by atoms with E-state index in [-0.39, 0.29) is 5.91 Å². The highest BCUT2D eigenvalue weighted by Crippen LogP contribution is 2.10. The molecule has 0 aromatic carbocycles. The minimum atomic E-state index is -0.274. The van der Waals surface area contributed by atoms with Gasteiger partial charge in [-0.2, -0.15) is 0 Å². The molecular formula is C13H10N6O. The largest absolute Gasteiger partial charge is 0.319 e. The van der Waals surface area contributed by atoms with Gasteiger partial charge in [-0.15, -0.1) is 10.2 Å². The number of carbonyl (C=O) groups is 1. The Bertz CT molecular complexity index is 693. The van der Waals surface area contributed by atoms with E-state index in [2.05, 4.69) is 25.5 Å². The zero-order valence-electron chi connectivity index (χ0n) is 10.3. The van der Waals surface area contributed by atoms with E-state index in [0.717, 1.165) is 0 Å². The molecule has 0 fully saturated rings. The van der Waals surface area contributed by atoms with Gasteiger partial charge in [0.1, 0.15) is 24.2 Å². The summed E-state index contributed by atoms with van der Waals surface area (Å²) in [5, 5.41) is 10.1. The number of carbonyl (C=O) groups excluding carboxylic acids is 1. The number of nitrogens with zero attached hydrogens (tertiary/aromatic N) is 5. The fourth-order valence-electron chi connectivity index (χ4n) is 1.62. The molecule has 3 aromatic heterocycles. The van der Waals surface area contributed by atoms with Gasteiger partial charge in [0.05, 0.1) is 11.9 Å². The van der Waals surface area contributed by atoms with Crippen LogP contribution in [0.15, 0.2) is 55.4 Å². The summed E-state index contributed by atoms with van der Waals surface area (Å²) in [7, 11) is 0. The molecule has 1 amide bonds. The van der Waals surface area contributed by atoms with Gasteiger partial charge in [-0.3, -0.25) is 14.3 Å². The van der Waals surface area contributed by atoms with Gasteiger partial charge in [0.15, 0.2) is 0 Å². The van der Waals surface area contributed by atoms with Crippen LogP contribution < -0.4 is 5.32 Å². The molecule has 20 heavy (non-hydrogen) atoms. The molecule has 7 nitrogen and oxygen atoms in total. The Kier molecular flexibility index (Phi) is 3.15. The third-order valence-electron chi connectivity index (χ3n) is 2.59. The van der Waals surface area contributed by atoms with Gasteiger partial charge in [0, 0.05) is 6.20 Å². The Balaban J connectivity index is 1.74. The maximum atomic E-state index is 11.9. The molecule has 0 radical (unpaired) electrons. The highest BCUT2D eigenvalue weighted by molar-refractivity contribution is 6.02. The monoisotopic (exact) mass is 266 g/mol. The standard InChI is InChI=1S/C13H10N6O/c20-13(11-3-1-2-6-14-11)18-10-4-5-12(15-7-10)19-8-16-17-9-19/h1-9H,(H,18,20). The second-order valence-corrected chi connectivity index (χ2v) is 3.94. The van der Waals surface area contributed by atoms with Crippen molar-refractivity contribution in [3.63, 3.8) is 0 Å². The summed E-state index contributed by atoms with van der Waals surface area (Å²) in [6.07, 6.45) is 6.24. The molecular weight excluding hydrogens is 256 g/mol. The Morgan fingerprint density at radius 2 is 1.90 bits per heavy atom. The second-order valence-electron chi connectivity index (χ2n) is 3.94. The van der Waals surface area contributed by atoms with Crippen LogP contribution in [0.25, 0.3) is 5.82 Å². The zero-order chi connectivity index (χ0) is 13.8. The summed E-state index contributed by atoms with van der Waals surface area (Å²) < 4.78 is 1.67. The molecule has 98 valence electrons. The van der Waals surface area contributed by atoms with Crippen LogP contribution >= 0.6 is 0 Å². The van der Waals surface area contributed by atoms with Gasteiger partial charge in [-0.05, 0) is 24.3 Å². The normalized spacial score (nSPS) is 10.2. The van der Waals surface area contributed by atoms with Crippen LogP contribution in [-0.4, -0.2) is 30.6 Å². The van der Waals surface area contributed by atoms with Gasteiger partial charge in [0.2, 0.25) is 0 Å². The molecule has 3 aromatic rings. The third-order valence-corrected chi connectivity index (χ3v) is 2.59. The molecule has 0 bridgehead atoms. The van der Waals surface area contributed by atoms with Crippen LogP contribution in [0.4, 0.5) is 5.69 Å². The van der Waals surface area contributed by atoms with Crippen LogP contribution in [0.5, 0.6) is 0 Å². The van der Waals surface area contributed by atoms with Crippen molar-refractivity contribution in [2.75, 3.05) is 5.32 Å². The minimum absolute atomic E-state index is 0.274. The lowest BCUT2D eigenvalue weighted by Crippen LogP contribution is -2.13. The van der Waals surface area contributed by atoms with Gasteiger partial charge in [-0.1, -0.05) is 6.07 Å². The summed E-state index contributed by atoms with van der Waals surface area (Å²) in [6.45, 7) is 0. The second kappa shape index (κ2) is 5.27. The van der Waals surface area contributed by atoms with Crippen LogP contribution in [0.2, 0.25) is 0 Å². The maximum Gasteiger partial charge on any atom is 0.274 e. The van der Waals surface area contributed by atoms with Gasteiger partial charge < -0.3 is 5.32 Å². The van der Waals surface area contributed by atoms with Crippen LogP contribution in [-0.2, 0) is 0 Å². The first-order valence-electron chi connectivity index (χ1n) is 5.86.